The van der Waals surface area contributed by atoms with Crippen LogP contribution in [0.4, 0.5) is 13.2 Å². The van der Waals surface area contributed by atoms with Crippen LogP contribution in [0.3, 0.4) is 0 Å². The molecule has 2 heterocycles. The summed E-state index contributed by atoms with van der Waals surface area (Å²) in [6, 6.07) is 4.42. The van der Waals surface area contributed by atoms with Gasteiger partial charge in [-0.3, -0.25) is 4.79 Å². The number of carbonyl (C=O) groups is 1. The van der Waals surface area contributed by atoms with Gasteiger partial charge in [-0.15, -0.1) is 0 Å². The van der Waals surface area contributed by atoms with Crippen LogP contribution in [0.2, 0.25) is 5.02 Å². The average molecular weight is 364 g/mol. The number of hydrogen-bond acceptors (Lipinski definition) is 3. The fourth-order valence-electron chi connectivity index (χ4n) is 3.67. The summed E-state index contributed by atoms with van der Waals surface area (Å²) in [5.74, 6) is -1.83. The van der Waals surface area contributed by atoms with Crippen LogP contribution in [0.15, 0.2) is 18.2 Å². The molecule has 132 valence electrons. The van der Waals surface area contributed by atoms with E-state index >= 15 is 0 Å². The van der Waals surface area contributed by atoms with Crippen LogP contribution in [0.25, 0.3) is 0 Å². The molecule has 1 aromatic carbocycles. The molecule has 1 spiro atoms. The highest BCUT2D eigenvalue weighted by atomic mass is 35.5. The minimum atomic E-state index is -4.89. The molecule has 0 saturated carbocycles. The summed E-state index contributed by atoms with van der Waals surface area (Å²) in [5.41, 5.74) is 0.537. The van der Waals surface area contributed by atoms with Gasteiger partial charge in [0.1, 0.15) is 6.10 Å². The molecule has 0 bridgehead atoms. The molecule has 1 aromatic rings. The Balaban J connectivity index is 1.92. The van der Waals surface area contributed by atoms with Gasteiger partial charge in [-0.25, -0.2) is 0 Å². The summed E-state index contributed by atoms with van der Waals surface area (Å²) in [4.78, 5) is 12.4. The number of fused-ring (bicyclic) bond motifs is 2. The van der Waals surface area contributed by atoms with Crippen molar-refractivity contribution in [3.05, 3.63) is 34.3 Å². The van der Waals surface area contributed by atoms with Crippen LogP contribution < -0.4 is 0 Å². The molecule has 3 rings (SSSR count). The van der Waals surface area contributed by atoms with Gasteiger partial charge in [-0.1, -0.05) is 17.7 Å². The van der Waals surface area contributed by atoms with E-state index in [4.69, 9.17) is 16.3 Å². The Kier molecular flexibility index (Phi) is 4.30. The van der Waals surface area contributed by atoms with E-state index in [9.17, 15) is 23.1 Å². The largest absolute Gasteiger partial charge is 0.471 e. The second-order valence-electron chi connectivity index (χ2n) is 6.35. The number of halogens is 4. The molecule has 4 nitrogen and oxygen atoms in total. The lowest BCUT2D eigenvalue weighted by molar-refractivity contribution is -0.196. The zero-order valence-electron chi connectivity index (χ0n) is 12.9. The first-order valence-electron chi connectivity index (χ1n) is 7.64. The van der Waals surface area contributed by atoms with Gasteiger partial charge in [-0.05, 0) is 36.6 Å². The number of amides is 1. The lowest BCUT2D eigenvalue weighted by Gasteiger charge is -2.48. The SMILES string of the molecule is C[C@H]1C[C@@]2(CCN1C(=O)C(F)(F)F)OCC(O)c1ccc(Cl)cc12. The van der Waals surface area contributed by atoms with Crippen molar-refractivity contribution in [2.24, 2.45) is 0 Å². The van der Waals surface area contributed by atoms with Gasteiger partial charge >= 0.3 is 12.1 Å². The van der Waals surface area contributed by atoms with E-state index in [0.717, 1.165) is 4.90 Å². The number of aliphatic hydroxyl groups excluding tert-OH is 1. The Morgan fingerprint density at radius 1 is 1.46 bits per heavy atom. The first-order valence-corrected chi connectivity index (χ1v) is 8.01. The molecule has 1 amide bonds. The lowest BCUT2D eigenvalue weighted by Crippen LogP contribution is -2.55. The van der Waals surface area contributed by atoms with Gasteiger partial charge in [0, 0.05) is 24.0 Å². The van der Waals surface area contributed by atoms with E-state index in [1.165, 1.54) is 0 Å². The Morgan fingerprint density at radius 2 is 2.17 bits per heavy atom. The molecule has 1 saturated heterocycles. The number of likely N-dealkylation sites (tertiary alicyclic amines) is 1. The minimum absolute atomic E-state index is 0.0641. The number of rotatable bonds is 0. The molecule has 1 fully saturated rings. The average Bonchev–Trinajstić information content (AvgIpc) is 2.50. The first kappa shape index (κ1) is 17.5. The van der Waals surface area contributed by atoms with Crippen LogP contribution in [0, 0.1) is 0 Å². The zero-order chi connectivity index (χ0) is 17.7. The molecule has 0 radical (unpaired) electrons. The highest BCUT2D eigenvalue weighted by molar-refractivity contribution is 6.30. The van der Waals surface area contributed by atoms with Crippen molar-refractivity contribution in [2.75, 3.05) is 13.2 Å². The van der Waals surface area contributed by atoms with E-state index in [1.54, 1.807) is 25.1 Å². The predicted octanol–water partition coefficient (Wildman–Crippen LogP) is 3.17. The smallest absolute Gasteiger partial charge is 0.386 e. The van der Waals surface area contributed by atoms with Crippen LogP contribution >= 0.6 is 11.6 Å². The Morgan fingerprint density at radius 3 is 2.79 bits per heavy atom. The molecule has 2 aliphatic rings. The van der Waals surface area contributed by atoms with Gasteiger partial charge in [0.2, 0.25) is 0 Å². The topological polar surface area (TPSA) is 49.8 Å². The summed E-state index contributed by atoms with van der Waals surface area (Å²) >= 11 is 6.05. The quantitative estimate of drug-likeness (QED) is 0.770. The van der Waals surface area contributed by atoms with Gasteiger partial charge in [-0.2, -0.15) is 13.2 Å². The Labute approximate surface area is 142 Å². The van der Waals surface area contributed by atoms with Crippen LogP contribution in [0.5, 0.6) is 0 Å². The number of hydrogen-bond donors (Lipinski definition) is 1. The van der Waals surface area contributed by atoms with Crippen LogP contribution in [-0.2, 0) is 15.1 Å². The third-order valence-electron chi connectivity index (χ3n) is 4.80. The third-order valence-corrected chi connectivity index (χ3v) is 5.03. The highest BCUT2D eigenvalue weighted by Gasteiger charge is 2.50. The zero-order valence-corrected chi connectivity index (χ0v) is 13.7. The maximum atomic E-state index is 12.7. The van der Waals surface area contributed by atoms with Crippen molar-refractivity contribution in [1.29, 1.82) is 0 Å². The van der Waals surface area contributed by atoms with Crippen molar-refractivity contribution in [3.63, 3.8) is 0 Å². The number of nitrogens with zero attached hydrogens (tertiary/aromatic N) is 1. The molecule has 0 aromatic heterocycles. The Bertz CT molecular complexity index is 666. The van der Waals surface area contributed by atoms with E-state index in [1.807, 2.05) is 0 Å². The summed E-state index contributed by atoms with van der Waals surface area (Å²) < 4.78 is 44.0. The van der Waals surface area contributed by atoms with Gasteiger partial charge in [0.15, 0.2) is 0 Å². The van der Waals surface area contributed by atoms with Gasteiger partial charge in [0.05, 0.1) is 12.2 Å². The maximum Gasteiger partial charge on any atom is 0.471 e. The number of benzene rings is 1. The van der Waals surface area contributed by atoms with Crippen LogP contribution in [0.1, 0.15) is 37.0 Å². The fraction of sp³-hybridized carbons (Fsp3) is 0.562. The normalized spacial score (nSPS) is 30.3. The molecule has 8 heteroatoms. The highest BCUT2D eigenvalue weighted by Crippen LogP contribution is 2.46. The molecule has 1 unspecified atom stereocenters. The molecule has 0 aliphatic carbocycles. The monoisotopic (exact) mass is 363 g/mol. The van der Waals surface area contributed by atoms with E-state index in [0.29, 0.717) is 16.1 Å². The van der Waals surface area contributed by atoms with E-state index in [-0.39, 0.29) is 26.0 Å². The minimum Gasteiger partial charge on any atom is -0.386 e. The Hall–Kier alpha value is -1.31. The summed E-state index contributed by atoms with van der Waals surface area (Å²) in [5, 5.41) is 10.6. The number of piperidine rings is 1. The van der Waals surface area contributed by atoms with Gasteiger partial charge < -0.3 is 14.7 Å². The number of carbonyl (C=O) groups excluding carboxylic acids is 1. The number of alkyl halides is 3. The number of ether oxygens (including phenoxy) is 1. The molecule has 2 aliphatic heterocycles. The number of aliphatic hydroxyl groups is 1. The molecule has 3 atom stereocenters. The lowest BCUT2D eigenvalue weighted by atomic mass is 9.76. The van der Waals surface area contributed by atoms with Crippen molar-refractivity contribution in [1.82, 2.24) is 4.90 Å². The second kappa shape index (κ2) is 5.89. The fourth-order valence-corrected chi connectivity index (χ4v) is 3.84. The third kappa shape index (κ3) is 2.89. The standard InChI is InChI=1S/C16H17ClF3NO3/c1-9-7-15(4-5-21(9)14(23)16(18,19)20)12-6-10(17)2-3-11(12)13(22)8-24-15/h2-3,6,9,13,22H,4-5,7-8H2,1H3/t9-,13?,15+/m0/s1. The summed E-state index contributed by atoms with van der Waals surface area (Å²) in [7, 11) is 0. The van der Waals surface area contributed by atoms with Crippen LogP contribution in [-0.4, -0.2) is 41.3 Å². The molecular formula is C16H17ClF3NO3. The molecule has 1 N–H and O–H groups in total. The van der Waals surface area contributed by atoms with Gasteiger partial charge in [0.25, 0.3) is 0 Å². The van der Waals surface area contributed by atoms with Crippen molar-refractivity contribution >= 4 is 17.5 Å². The second-order valence-corrected chi connectivity index (χ2v) is 6.79. The predicted molar refractivity (Wildman–Crippen MR) is 80.5 cm³/mol. The van der Waals surface area contributed by atoms with Crippen molar-refractivity contribution in [2.45, 2.75) is 43.7 Å². The maximum absolute atomic E-state index is 12.7. The molecular weight excluding hydrogens is 347 g/mol. The van der Waals surface area contributed by atoms with E-state index < -0.39 is 29.8 Å². The van der Waals surface area contributed by atoms with Crippen molar-refractivity contribution < 1.29 is 27.8 Å². The van der Waals surface area contributed by atoms with E-state index in [2.05, 4.69) is 0 Å². The summed E-state index contributed by atoms with van der Waals surface area (Å²) in [6.07, 6.45) is -5.24. The first-order chi connectivity index (χ1) is 11.1. The molecule has 24 heavy (non-hydrogen) atoms. The summed E-state index contributed by atoms with van der Waals surface area (Å²) in [6.45, 7) is 1.57. The van der Waals surface area contributed by atoms with Crippen molar-refractivity contribution in [3.8, 4) is 0 Å².